The first kappa shape index (κ1) is 12.9. The molecule has 3 heteroatoms. The molecule has 2 N–H and O–H groups in total. The first-order chi connectivity index (χ1) is 7.77. The Balaban J connectivity index is 2.51. The molecule has 0 heterocycles. The molecule has 0 saturated heterocycles. The smallest absolute Gasteiger partial charge is 0.137 e. The Morgan fingerprint density at radius 2 is 2.25 bits per heavy atom. The maximum Gasteiger partial charge on any atom is 0.137 e. The molecule has 1 aromatic carbocycles. The standard InChI is InChI=1S/C13H16ClNO/c1-2-3-4-9-16-13-6-5-11(7-8-15)10-12(13)14/h1,5-6,10H,3-4,7-9,15H2. The second-order valence-electron chi connectivity index (χ2n) is 3.46. The highest BCUT2D eigenvalue weighted by Gasteiger charge is 2.02. The van der Waals surface area contributed by atoms with E-state index >= 15 is 0 Å². The fourth-order valence-corrected chi connectivity index (χ4v) is 1.60. The third-order valence-corrected chi connectivity index (χ3v) is 2.45. The molecule has 16 heavy (non-hydrogen) atoms. The quantitative estimate of drug-likeness (QED) is 0.610. The summed E-state index contributed by atoms with van der Waals surface area (Å²) < 4.78 is 5.51. The largest absolute Gasteiger partial charge is 0.492 e. The molecule has 0 aliphatic heterocycles. The van der Waals surface area contributed by atoms with Crippen molar-refractivity contribution >= 4 is 11.6 Å². The minimum atomic E-state index is 0.597. The molecule has 0 unspecified atom stereocenters. The Hall–Kier alpha value is -1.17. The zero-order valence-corrected chi connectivity index (χ0v) is 9.96. The number of nitrogens with two attached hydrogens (primary N) is 1. The van der Waals surface area contributed by atoms with Crippen molar-refractivity contribution in [2.24, 2.45) is 5.73 Å². The van der Waals surface area contributed by atoms with Crippen molar-refractivity contribution < 1.29 is 4.74 Å². The van der Waals surface area contributed by atoms with Gasteiger partial charge in [0.2, 0.25) is 0 Å². The maximum absolute atomic E-state index is 6.07. The fraction of sp³-hybridized carbons (Fsp3) is 0.385. The summed E-state index contributed by atoms with van der Waals surface area (Å²) in [5, 5.41) is 0.631. The van der Waals surface area contributed by atoms with Crippen LogP contribution in [-0.2, 0) is 6.42 Å². The molecule has 0 fully saturated rings. The molecule has 0 saturated carbocycles. The van der Waals surface area contributed by atoms with Gasteiger partial charge in [0.25, 0.3) is 0 Å². The Bertz CT molecular complexity index is 371. The first-order valence-corrected chi connectivity index (χ1v) is 5.70. The summed E-state index contributed by atoms with van der Waals surface area (Å²) in [4.78, 5) is 0. The molecule has 1 aromatic rings. The van der Waals surface area contributed by atoms with Gasteiger partial charge in [-0.3, -0.25) is 0 Å². The lowest BCUT2D eigenvalue weighted by molar-refractivity contribution is 0.313. The molecule has 0 aliphatic rings. The highest BCUT2D eigenvalue weighted by Crippen LogP contribution is 2.25. The van der Waals surface area contributed by atoms with Gasteiger partial charge in [0.1, 0.15) is 5.75 Å². The van der Waals surface area contributed by atoms with Crippen molar-refractivity contribution in [3.8, 4) is 18.1 Å². The van der Waals surface area contributed by atoms with Crippen LogP contribution in [0.1, 0.15) is 18.4 Å². The third-order valence-electron chi connectivity index (χ3n) is 2.15. The minimum absolute atomic E-state index is 0.597. The van der Waals surface area contributed by atoms with Crippen molar-refractivity contribution in [2.45, 2.75) is 19.3 Å². The van der Waals surface area contributed by atoms with Crippen LogP contribution in [0.5, 0.6) is 5.75 Å². The Morgan fingerprint density at radius 3 is 2.88 bits per heavy atom. The predicted octanol–water partition coefficient (Wildman–Crippen LogP) is 2.63. The molecule has 0 atom stereocenters. The van der Waals surface area contributed by atoms with Crippen LogP contribution < -0.4 is 10.5 Å². The van der Waals surface area contributed by atoms with E-state index in [2.05, 4.69) is 5.92 Å². The molecule has 1 rings (SSSR count). The molecule has 0 aromatic heterocycles. The number of terminal acetylenes is 1. The first-order valence-electron chi connectivity index (χ1n) is 5.32. The topological polar surface area (TPSA) is 35.2 Å². The van der Waals surface area contributed by atoms with Crippen molar-refractivity contribution in [2.75, 3.05) is 13.2 Å². The predicted molar refractivity (Wildman–Crippen MR) is 67.8 cm³/mol. The van der Waals surface area contributed by atoms with Crippen LogP contribution in [-0.4, -0.2) is 13.2 Å². The summed E-state index contributed by atoms with van der Waals surface area (Å²) in [6, 6.07) is 5.75. The number of halogens is 1. The van der Waals surface area contributed by atoms with Gasteiger partial charge in [-0.05, 0) is 37.1 Å². The number of rotatable bonds is 6. The zero-order chi connectivity index (χ0) is 11.8. The van der Waals surface area contributed by atoms with Gasteiger partial charge in [0.15, 0.2) is 0 Å². The van der Waals surface area contributed by atoms with Crippen molar-refractivity contribution in [3.05, 3.63) is 28.8 Å². The lowest BCUT2D eigenvalue weighted by Gasteiger charge is -2.08. The summed E-state index contributed by atoms with van der Waals surface area (Å²) >= 11 is 6.07. The van der Waals surface area contributed by atoms with E-state index in [1.165, 1.54) is 0 Å². The monoisotopic (exact) mass is 237 g/mol. The molecular weight excluding hydrogens is 222 g/mol. The maximum atomic E-state index is 6.07. The van der Waals surface area contributed by atoms with E-state index in [4.69, 9.17) is 28.5 Å². The number of benzene rings is 1. The Labute approximate surface area is 102 Å². The van der Waals surface area contributed by atoms with E-state index in [9.17, 15) is 0 Å². The molecule has 0 spiro atoms. The van der Waals surface area contributed by atoms with Gasteiger partial charge in [0.05, 0.1) is 11.6 Å². The van der Waals surface area contributed by atoms with Crippen LogP contribution in [0.2, 0.25) is 5.02 Å². The zero-order valence-electron chi connectivity index (χ0n) is 9.21. The Morgan fingerprint density at radius 1 is 1.44 bits per heavy atom. The summed E-state index contributed by atoms with van der Waals surface area (Å²) in [5.74, 6) is 3.28. The third kappa shape index (κ3) is 4.14. The van der Waals surface area contributed by atoms with E-state index in [1.54, 1.807) is 0 Å². The van der Waals surface area contributed by atoms with Gasteiger partial charge in [0, 0.05) is 6.42 Å². The SMILES string of the molecule is C#CCCCOc1ccc(CCN)cc1Cl. The highest BCUT2D eigenvalue weighted by molar-refractivity contribution is 6.32. The van der Waals surface area contributed by atoms with E-state index in [1.807, 2.05) is 18.2 Å². The number of hydrogen-bond donors (Lipinski definition) is 1. The Kier molecular flexibility index (Phi) is 5.77. The number of ether oxygens (including phenoxy) is 1. The fourth-order valence-electron chi connectivity index (χ4n) is 1.34. The number of unbranched alkanes of at least 4 members (excludes halogenated alkanes) is 1. The molecular formula is C13H16ClNO. The van der Waals surface area contributed by atoms with Crippen LogP contribution in [0.3, 0.4) is 0 Å². The van der Waals surface area contributed by atoms with Gasteiger partial charge in [-0.1, -0.05) is 17.7 Å². The highest BCUT2D eigenvalue weighted by atomic mass is 35.5. The molecule has 0 amide bonds. The average molecular weight is 238 g/mol. The lowest BCUT2D eigenvalue weighted by atomic mass is 10.1. The van der Waals surface area contributed by atoms with E-state index < -0.39 is 0 Å². The van der Waals surface area contributed by atoms with Crippen LogP contribution in [0, 0.1) is 12.3 Å². The van der Waals surface area contributed by atoms with Gasteiger partial charge in [-0.2, -0.15) is 0 Å². The normalized spacial score (nSPS) is 9.81. The van der Waals surface area contributed by atoms with Crippen LogP contribution in [0.4, 0.5) is 0 Å². The van der Waals surface area contributed by atoms with Gasteiger partial charge in [-0.15, -0.1) is 12.3 Å². The van der Waals surface area contributed by atoms with Crippen LogP contribution in [0.25, 0.3) is 0 Å². The molecule has 86 valence electrons. The van der Waals surface area contributed by atoms with Crippen molar-refractivity contribution in [1.29, 1.82) is 0 Å². The van der Waals surface area contributed by atoms with E-state index in [0.717, 1.165) is 24.8 Å². The van der Waals surface area contributed by atoms with E-state index in [0.29, 0.717) is 23.9 Å². The van der Waals surface area contributed by atoms with Gasteiger partial charge < -0.3 is 10.5 Å². The summed E-state index contributed by atoms with van der Waals surface area (Å²) in [6.45, 7) is 1.22. The van der Waals surface area contributed by atoms with Crippen LogP contribution >= 0.6 is 11.6 Å². The molecule has 0 bridgehead atoms. The summed E-state index contributed by atoms with van der Waals surface area (Å²) in [6.07, 6.45) is 7.55. The summed E-state index contributed by atoms with van der Waals surface area (Å²) in [5.41, 5.74) is 6.60. The van der Waals surface area contributed by atoms with E-state index in [-0.39, 0.29) is 0 Å². The number of hydrogen-bond acceptors (Lipinski definition) is 2. The second-order valence-corrected chi connectivity index (χ2v) is 3.87. The van der Waals surface area contributed by atoms with Gasteiger partial charge >= 0.3 is 0 Å². The van der Waals surface area contributed by atoms with Crippen molar-refractivity contribution in [3.63, 3.8) is 0 Å². The lowest BCUT2D eigenvalue weighted by Crippen LogP contribution is -2.03. The van der Waals surface area contributed by atoms with Gasteiger partial charge in [-0.25, -0.2) is 0 Å². The van der Waals surface area contributed by atoms with Crippen molar-refractivity contribution in [1.82, 2.24) is 0 Å². The average Bonchev–Trinajstić information content (AvgIpc) is 2.27. The molecule has 2 nitrogen and oxygen atoms in total. The minimum Gasteiger partial charge on any atom is -0.492 e. The molecule has 0 radical (unpaired) electrons. The summed E-state index contributed by atoms with van der Waals surface area (Å²) in [7, 11) is 0. The molecule has 0 aliphatic carbocycles. The second kappa shape index (κ2) is 7.16. The van der Waals surface area contributed by atoms with Crippen LogP contribution in [0.15, 0.2) is 18.2 Å².